The minimum Gasteiger partial charge on any atom is -0.493 e. The predicted molar refractivity (Wildman–Crippen MR) is 86.7 cm³/mol. The van der Waals surface area contributed by atoms with Gasteiger partial charge in [-0.2, -0.15) is 13.2 Å². The number of nitrogens with zero attached hydrogens (tertiary/aromatic N) is 1. The summed E-state index contributed by atoms with van der Waals surface area (Å²) in [6.45, 7) is -0.0284. The summed E-state index contributed by atoms with van der Waals surface area (Å²) in [5.74, 6) is 0.307. The molecule has 0 aromatic heterocycles. The van der Waals surface area contributed by atoms with E-state index in [-0.39, 0.29) is 23.4 Å². The second-order valence-electron chi connectivity index (χ2n) is 6.11. The third-order valence-electron chi connectivity index (χ3n) is 4.14. The first-order chi connectivity index (χ1) is 11.8. The van der Waals surface area contributed by atoms with Gasteiger partial charge in [0, 0.05) is 25.6 Å². The molecule has 1 amide bonds. The first-order valence-electron chi connectivity index (χ1n) is 8.18. The largest absolute Gasteiger partial charge is 0.493 e. The molecule has 1 aromatic rings. The van der Waals surface area contributed by atoms with E-state index in [0.717, 1.165) is 18.4 Å². The molecule has 1 saturated heterocycles. The summed E-state index contributed by atoms with van der Waals surface area (Å²) in [5.41, 5.74) is 6.63. The van der Waals surface area contributed by atoms with Crippen molar-refractivity contribution in [3.8, 4) is 11.5 Å². The topological polar surface area (TPSA) is 64.8 Å². The van der Waals surface area contributed by atoms with Crippen LogP contribution in [0, 0.1) is 0 Å². The van der Waals surface area contributed by atoms with Gasteiger partial charge in [-0.3, -0.25) is 4.79 Å². The lowest BCUT2D eigenvalue weighted by atomic mass is 10.0. The van der Waals surface area contributed by atoms with E-state index in [1.807, 2.05) is 0 Å². The molecule has 1 aliphatic heterocycles. The highest BCUT2D eigenvalue weighted by Crippen LogP contribution is 2.30. The third-order valence-corrected chi connectivity index (χ3v) is 4.14. The molecule has 0 spiro atoms. The van der Waals surface area contributed by atoms with E-state index in [4.69, 9.17) is 15.2 Å². The molecule has 2 rings (SSSR count). The Morgan fingerprint density at radius 1 is 1.28 bits per heavy atom. The summed E-state index contributed by atoms with van der Waals surface area (Å²) < 4.78 is 46.6. The van der Waals surface area contributed by atoms with Gasteiger partial charge in [0.2, 0.25) is 5.91 Å². The van der Waals surface area contributed by atoms with Gasteiger partial charge in [0.25, 0.3) is 0 Å². The van der Waals surface area contributed by atoms with Crippen LogP contribution in [0.1, 0.15) is 24.8 Å². The van der Waals surface area contributed by atoms with Crippen molar-refractivity contribution in [2.24, 2.45) is 5.73 Å². The van der Waals surface area contributed by atoms with Crippen molar-refractivity contribution < 1.29 is 27.4 Å². The first-order valence-corrected chi connectivity index (χ1v) is 8.18. The summed E-state index contributed by atoms with van der Waals surface area (Å²) in [5, 5.41) is 0. The number of carbonyl (C=O) groups excluding carboxylic acids is 1. The van der Waals surface area contributed by atoms with Crippen molar-refractivity contribution in [3.05, 3.63) is 23.8 Å². The number of methoxy groups -OCH3 is 1. The summed E-state index contributed by atoms with van der Waals surface area (Å²) in [6.07, 6.45) is -1.97. The fourth-order valence-corrected chi connectivity index (χ4v) is 2.70. The third kappa shape index (κ3) is 6.12. The Labute approximate surface area is 144 Å². The van der Waals surface area contributed by atoms with Crippen LogP contribution in [0.4, 0.5) is 13.2 Å². The standard InChI is InChI=1S/C17H23F3N2O3/c1-24-15-10-12(2-4-14(15)25-11-17(18,19)20)3-5-16(23)22-8-6-13(21)7-9-22/h2,4,10,13H,3,5-9,11,21H2,1H3. The Balaban J connectivity index is 1.90. The van der Waals surface area contributed by atoms with Gasteiger partial charge in [-0.1, -0.05) is 6.07 Å². The second kappa shape index (κ2) is 8.42. The molecule has 5 nitrogen and oxygen atoms in total. The molecular formula is C17H23F3N2O3. The van der Waals surface area contributed by atoms with Gasteiger partial charge in [0.1, 0.15) is 0 Å². The van der Waals surface area contributed by atoms with Gasteiger partial charge in [-0.05, 0) is 37.0 Å². The minimum atomic E-state index is -4.41. The summed E-state index contributed by atoms with van der Waals surface area (Å²) >= 11 is 0. The van der Waals surface area contributed by atoms with Crippen LogP contribution < -0.4 is 15.2 Å². The van der Waals surface area contributed by atoms with Crippen LogP contribution in [0.3, 0.4) is 0 Å². The van der Waals surface area contributed by atoms with Crippen molar-refractivity contribution in [2.45, 2.75) is 37.9 Å². The summed E-state index contributed by atoms with van der Waals surface area (Å²) in [4.78, 5) is 14.0. The number of amides is 1. The average molecular weight is 360 g/mol. The molecule has 0 radical (unpaired) electrons. The molecule has 0 bridgehead atoms. The summed E-state index contributed by atoms with van der Waals surface area (Å²) in [7, 11) is 1.36. The fraction of sp³-hybridized carbons (Fsp3) is 0.588. The van der Waals surface area contributed by atoms with Crippen molar-refractivity contribution >= 4 is 5.91 Å². The first kappa shape index (κ1) is 19.4. The monoisotopic (exact) mass is 360 g/mol. The smallest absolute Gasteiger partial charge is 0.422 e. The number of rotatable bonds is 6. The quantitative estimate of drug-likeness (QED) is 0.847. The molecule has 8 heteroatoms. The van der Waals surface area contributed by atoms with Crippen molar-refractivity contribution in [2.75, 3.05) is 26.8 Å². The number of nitrogens with two attached hydrogens (primary N) is 1. The van der Waals surface area contributed by atoms with E-state index in [1.54, 1.807) is 17.0 Å². The highest BCUT2D eigenvalue weighted by molar-refractivity contribution is 5.76. The van der Waals surface area contributed by atoms with Crippen LogP contribution in [0.25, 0.3) is 0 Å². The van der Waals surface area contributed by atoms with Crippen molar-refractivity contribution in [3.63, 3.8) is 0 Å². The van der Waals surface area contributed by atoms with Crippen LogP contribution in [-0.4, -0.2) is 49.8 Å². The van der Waals surface area contributed by atoms with Crippen LogP contribution in [0.2, 0.25) is 0 Å². The van der Waals surface area contributed by atoms with E-state index in [2.05, 4.69) is 0 Å². The summed E-state index contributed by atoms with van der Waals surface area (Å²) in [6, 6.07) is 4.85. The maximum atomic E-state index is 12.3. The zero-order chi connectivity index (χ0) is 18.4. The van der Waals surface area contributed by atoms with Crippen LogP contribution in [0.5, 0.6) is 11.5 Å². The van der Waals surface area contributed by atoms with Crippen LogP contribution in [0.15, 0.2) is 18.2 Å². The molecule has 0 saturated carbocycles. The molecule has 1 aliphatic rings. The molecule has 1 aromatic carbocycles. The Kier molecular flexibility index (Phi) is 6.52. The SMILES string of the molecule is COc1cc(CCC(=O)N2CCC(N)CC2)ccc1OCC(F)(F)F. The highest BCUT2D eigenvalue weighted by Gasteiger charge is 2.29. The molecule has 140 valence electrons. The zero-order valence-electron chi connectivity index (χ0n) is 14.1. The fourth-order valence-electron chi connectivity index (χ4n) is 2.70. The van der Waals surface area contributed by atoms with Crippen LogP contribution in [-0.2, 0) is 11.2 Å². The second-order valence-corrected chi connectivity index (χ2v) is 6.11. The number of hydrogen-bond acceptors (Lipinski definition) is 4. The highest BCUT2D eigenvalue weighted by atomic mass is 19.4. The lowest BCUT2D eigenvalue weighted by Gasteiger charge is -2.30. The number of aryl methyl sites for hydroxylation is 1. The molecule has 1 fully saturated rings. The zero-order valence-corrected chi connectivity index (χ0v) is 14.1. The molecular weight excluding hydrogens is 337 g/mol. The Morgan fingerprint density at radius 2 is 1.96 bits per heavy atom. The predicted octanol–water partition coefficient (Wildman–Crippen LogP) is 2.52. The number of alkyl halides is 3. The molecule has 1 heterocycles. The number of hydrogen-bond donors (Lipinski definition) is 1. The molecule has 2 N–H and O–H groups in total. The number of halogens is 3. The maximum Gasteiger partial charge on any atom is 0.422 e. The van der Waals surface area contributed by atoms with E-state index >= 15 is 0 Å². The van der Waals surface area contributed by atoms with Gasteiger partial charge < -0.3 is 20.1 Å². The number of carbonyl (C=O) groups is 1. The molecule has 0 atom stereocenters. The normalized spacial score (nSPS) is 16.0. The average Bonchev–Trinajstić information content (AvgIpc) is 2.58. The molecule has 25 heavy (non-hydrogen) atoms. The maximum absolute atomic E-state index is 12.3. The van der Waals surface area contributed by atoms with E-state index < -0.39 is 12.8 Å². The van der Waals surface area contributed by atoms with E-state index in [0.29, 0.717) is 25.9 Å². The van der Waals surface area contributed by atoms with Gasteiger partial charge in [0.05, 0.1) is 7.11 Å². The number of benzene rings is 1. The van der Waals surface area contributed by atoms with Crippen molar-refractivity contribution in [1.82, 2.24) is 4.90 Å². The number of likely N-dealkylation sites (tertiary alicyclic amines) is 1. The van der Waals surface area contributed by atoms with Gasteiger partial charge in [-0.15, -0.1) is 0 Å². The van der Waals surface area contributed by atoms with Gasteiger partial charge in [0.15, 0.2) is 18.1 Å². The lowest BCUT2D eigenvalue weighted by Crippen LogP contribution is -2.42. The Bertz CT molecular complexity index is 585. The molecule has 0 aliphatic carbocycles. The lowest BCUT2D eigenvalue weighted by molar-refractivity contribution is -0.153. The Morgan fingerprint density at radius 3 is 2.56 bits per heavy atom. The number of piperidine rings is 1. The van der Waals surface area contributed by atoms with Crippen molar-refractivity contribution in [1.29, 1.82) is 0 Å². The van der Waals surface area contributed by atoms with Crippen LogP contribution >= 0.6 is 0 Å². The Hall–Kier alpha value is -1.96. The minimum absolute atomic E-state index is 0.0277. The number of ether oxygens (including phenoxy) is 2. The van der Waals surface area contributed by atoms with E-state index in [1.165, 1.54) is 13.2 Å². The molecule has 0 unspecified atom stereocenters. The van der Waals surface area contributed by atoms with Gasteiger partial charge >= 0.3 is 6.18 Å². The van der Waals surface area contributed by atoms with E-state index in [9.17, 15) is 18.0 Å². The van der Waals surface area contributed by atoms with Gasteiger partial charge in [-0.25, -0.2) is 0 Å².